The lowest BCUT2D eigenvalue weighted by molar-refractivity contribution is -0.368. The molecular formula is C48H74N4O37S5. The Kier molecular flexibility index (Phi) is 29.1. The van der Waals surface area contributed by atoms with Crippen molar-refractivity contribution in [2.75, 3.05) is 42.8 Å². The zero-order chi connectivity index (χ0) is 69.9. The van der Waals surface area contributed by atoms with Gasteiger partial charge in [0.25, 0.3) is 0 Å². The van der Waals surface area contributed by atoms with Crippen molar-refractivity contribution in [3.05, 3.63) is 24.3 Å². The van der Waals surface area contributed by atoms with E-state index in [1.165, 1.54) is 12.1 Å². The van der Waals surface area contributed by atoms with Gasteiger partial charge in [0, 0.05) is 49.2 Å². The molecule has 538 valence electrons. The minimum absolute atomic E-state index is 0.247. The van der Waals surface area contributed by atoms with Gasteiger partial charge in [0.2, 0.25) is 17.7 Å². The highest BCUT2D eigenvalue weighted by atomic mass is 33.1. The van der Waals surface area contributed by atoms with Crippen LogP contribution in [0, 0.1) is 0 Å². The molecule has 0 saturated carbocycles. The number of carboxylic acids is 2. The molecular weight excluding hydrogens is 1380 g/mol. The Morgan fingerprint density at radius 3 is 1.72 bits per heavy atom. The van der Waals surface area contributed by atoms with E-state index in [1.807, 2.05) is 21.6 Å². The number of benzene rings is 1. The van der Waals surface area contributed by atoms with Crippen LogP contribution in [0.25, 0.3) is 0 Å². The van der Waals surface area contributed by atoms with Crippen molar-refractivity contribution < 1.29 is 175 Å². The van der Waals surface area contributed by atoms with Gasteiger partial charge in [-0.05, 0) is 37.5 Å². The molecule has 3 amide bonds. The quantitative estimate of drug-likeness (QED) is 0.0177. The smallest absolute Gasteiger partial charge is 0.397 e. The molecule has 1 unspecified atom stereocenters. The van der Waals surface area contributed by atoms with Crippen LogP contribution in [0.4, 0.5) is 11.4 Å². The van der Waals surface area contributed by atoms with Crippen LogP contribution >= 0.6 is 21.6 Å². The second-order valence-corrected chi connectivity index (χ2v) is 27.8. The van der Waals surface area contributed by atoms with Gasteiger partial charge in [0.1, 0.15) is 104 Å². The molecule has 0 aromatic heterocycles. The lowest BCUT2D eigenvalue weighted by Gasteiger charge is -2.50. The van der Waals surface area contributed by atoms with E-state index < -0.39 is 228 Å². The fraction of sp³-hybridized carbons (Fsp3) is 0.771. The second-order valence-electron chi connectivity index (χ2n) is 21.8. The first-order valence-corrected chi connectivity index (χ1v) is 34.6. The summed E-state index contributed by atoms with van der Waals surface area (Å²) in [4.78, 5) is 63.3. The first-order chi connectivity index (χ1) is 43.8. The van der Waals surface area contributed by atoms with Crippen LogP contribution in [-0.4, -0.2) is 314 Å². The fourth-order valence-corrected chi connectivity index (χ4v) is 14.3. The summed E-state index contributed by atoms with van der Waals surface area (Å²) in [6, 6.07) is 1.80. The van der Waals surface area contributed by atoms with Crippen molar-refractivity contribution in [1.29, 1.82) is 0 Å². The number of hydrogen-bond donors (Lipinski definition) is 19. The molecule has 94 heavy (non-hydrogen) atoms. The Hall–Kier alpha value is -4.04. The zero-order valence-corrected chi connectivity index (χ0v) is 53.1. The molecule has 19 N–H and O–H groups in total. The summed E-state index contributed by atoms with van der Waals surface area (Å²) in [6.45, 7) is -3.20. The number of unbranched alkanes of at least 4 members (excludes halogenated alkanes) is 1. The lowest BCUT2D eigenvalue weighted by Crippen LogP contribution is -2.71. The zero-order valence-electron chi connectivity index (χ0n) is 49.0. The number of amides is 3. The Morgan fingerprint density at radius 1 is 0.606 bits per heavy atom. The van der Waals surface area contributed by atoms with Crippen molar-refractivity contribution in [1.82, 2.24) is 10.6 Å². The van der Waals surface area contributed by atoms with Gasteiger partial charge in [-0.2, -0.15) is 25.3 Å². The van der Waals surface area contributed by atoms with Gasteiger partial charge in [-0.1, -0.05) is 34.1 Å². The maximum absolute atomic E-state index is 13.1. The minimum Gasteiger partial charge on any atom is -0.479 e. The summed E-state index contributed by atoms with van der Waals surface area (Å²) in [6.07, 6.45) is -49.8. The molecule has 5 heterocycles. The summed E-state index contributed by atoms with van der Waals surface area (Å²) in [5, 5.41) is 141. The molecule has 0 bridgehead atoms. The Balaban J connectivity index is 1.23. The van der Waals surface area contributed by atoms with E-state index in [4.69, 9.17) is 42.1 Å². The highest BCUT2D eigenvalue weighted by molar-refractivity contribution is 8.77. The van der Waals surface area contributed by atoms with Crippen LogP contribution in [0.3, 0.4) is 0 Å². The summed E-state index contributed by atoms with van der Waals surface area (Å²) in [5.74, 6) is -5.55. The first kappa shape index (κ1) is 79.0. The third-order valence-electron chi connectivity index (χ3n) is 14.7. The number of carboxylic acid groups (broad SMARTS) is 2. The fourth-order valence-electron chi connectivity index (χ4n) is 10.2. The summed E-state index contributed by atoms with van der Waals surface area (Å²) < 4.78 is 159. The minimum atomic E-state index is -5.88. The number of nitrogens with one attached hydrogen (secondary N) is 4. The van der Waals surface area contributed by atoms with Crippen LogP contribution in [-0.2, 0) is 106 Å². The standard InChI is InChI=1S/C48H74N4O37S5/c1-17(53)50-27-38(84-47-35(64)32(61)33(62)41(87-47)43(66)67)31(60)24(15-80-92(70,71)72)82-46(27)86-40-34(63)36(65)48(88-42(40)44(68)69)85-39-28(51-18(2)54)45(83-25(16-81-93(73,74)75)37(39)89-94(76,77)78)79-14-23(56)30(59)29(58)22(55)13-49-19-6-5-7-20(12-19)52-26(57)9-4-3-8-21-10-11-90-91-21/h5-7,12,21-25,27-42,45-49,55-56,58-65H,3-4,8-11,13-16H2,1-2H3,(H,50,53)(H,51,54)(H,52,57)(H,66,67)(H,68,69)(H,70,71,72)(H,73,74,75)(H,76,77,78)/t21?,22-,23+,24+,25+,27+,28+,29+,30+,31-,32-,33-,34+,35+,36+,37-,38+,39+,40-,41-,42-,45+,46-,47+,48+/m0/s1. The number of carbonyl (C=O) groups excluding carboxylic acids is 3. The predicted octanol–water partition coefficient (Wildman–Crippen LogP) is -7.56. The molecule has 5 saturated heterocycles. The third kappa shape index (κ3) is 22.8. The molecule has 5 fully saturated rings. The molecule has 1 aromatic carbocycles. The Morgan fingerprint density at radius 2 is 1.15 bits per heavy atom. The number of hydrogen-bond acceptors (Lipinski definition) is 35. The molecule has 5 aliphatic heterocycles. The van der Waals surface area contributed by atoms with E-state index in [0.29, 0.717) is 23.0 Å². The van der Waals surface area contributed by atoms with Crippen molar-refractivity contribution in [2.45, 2.75) is 198 Å². The van der Waals surface area contributed by atoms with Gasteiger partial charge in [-0.15, -0.1) is 0 Å². The number of aliphatic hydroxyl groups excluding tert-OH is 10. The molecule has 6 rings (SSSR count). The van der Waals surface area contributed by atoms with E-state index in [2.05, 4.69) is 29.6 Å². The lowest BCUT2D eigenvalue weighted by atomic mass is 9.94. The van der Waals surface area contributed by atoms with Gasteiger partial charge in [0.05, 0.1) is 25.9 Å². The third-order valence-corrected chi connectivity index (χ3v) is 19.0. The van der Waals surface area contributed by atoms with E-state index in [-0.39, 0.29) is 12.3 Å². The Bertz CT molecular complexity index is 3050. The predicted molar refractivity (Wildman–Crippen MR) is 308 cm³/mol. The molecule has 0 aliphatic carbocycles. The van der Waals surface area contributed by atoms with E-state index >= 15 is 0 Å². The summed E-state index contributed by atoms with van der Waals surface area (Å²) >= 11 is 0. The molecule has 1 aromatic rings. The molecule has 41 nitrogen and oxygen atoms in total. The van der Waals surface area contributed by atoms with Gasteiger partial charge in [0.15, 0.2) is 37.4 Å². The highest BCUT2D eigenvalue weighted by Crippen LogP contribution is 2.40. The molecule has 0 spiro atoms. The number of ether oxygens (including phenoxy) is 8. The van der Waals surface area contributed by atoms with Crippen LogP contribution < -0.4 is 21.3 Å². The highest BCUT2D eigenvalue weighted by Gasteiger charge is 2.59. The number of aliphatic carboxylic acids is 2. The Labute approximate surface area is 542 Å². The molecule has 46 heteroatoms. The van der Waals surface area contributed by atoms with Crippen LogP contribution in [0.5, 0.6) is 0 Å². The van der Waals surface area contributed by atoms with E-state index in [0.717, 1.165) is 38.9 Å². The number of rotatable bonds is 33. The van der Waals surface area contributed by atoms with Gasteiger partial charge in [-0.3, -0.25) is 28.0 Å². The van der Waals surface area contributed by atoms with E-state index in [9.17, 15) is 124 Å². The van der Waals surface area contributed by atoms with Crippen LogP contribution in [0.1, 0.15) is 46.0 Å². The maximum atomic E-state index is 13.1. The number of carbonyl (C=O) groups is 5. The van der Waals surface area contributed by atoms with Crippen molar-refractivity contribution in [2.24, 2.45) is 0 Å². The summed E-state index contributed by atoms with van der Waals surface area (Å²) in [7, 11) is -13.2. The monoisotopic (exact) mass is 1460 g/mol. The number of aliphatic hydroxyl groups is 10. The average molecular weight is 1460 g/mol. The second kappa shape index (κ2) is 34.6. The largest absolute Gasteiger partial charge is 0.479 e. The van der Waals surface area contributed by atoms with Gasteiger partial charge in [-0.25, -0.2) is 22.1 Å². The van der Waals surface area contributed by atoms with E-state index in [1.54, 1.807) is 12.1 Å². The van der Waals surface area contributed by atoms with Crippen molar-refractivity contribution >= 4 is 93.8 Å². The topological polar surface area (TPSA) is 641 Å². The van der Waals surface area contributed by atoms with Crippen LogP contribution in [0.2, 0.25) is 0 Å². The SMILES string of the molecule is CC(=O)N[C@H]1[C@H](OC[C@@H](O)[C@@H](O)[C@H](O)[C@@H](O)CNc2cccc(NC(=O)CCCCC3CCSS3)c2)O[C@H](COS(=O)(=O)O)[C@H](OS(=O)(=O)O)[C@@H]1O[C@@H]1O[C@H](C(=O)O)[C@@H](O[C@@H]2O[C@H](COS(=O)(=O)O)[C@H](O)[C@H](O[C@@H]3O[C@H](C(=O)O)[C@@H](O)[C@H](O)[C@H]3O)[C@H]2NC(C)=O)[C@H](O)[C@H]1O. The molecule has 25 atom stereocenters. The van der Waals surface area contributed by atoms with Crippen molar-refractivity contribution in [3.8, 4) is 0 Å². The van der Waals surface area contributed by atoms with Crippen molar-refractivity contribution in [3.63, 3.8) is 0 Å². The average Bonchev–Trinajstić information content (AvgIpc) is 0.798. The van der Waals surface area contributed by atoms with Gasteiger partial charge < -0.3 is 120 Å². The van der Waals surface area contributed by atoms with Gasteiger partial charge >= 0.3 is 43.1 Å². The molecule has 5 aliphatic rings. The normalized spacial score (nSPS) is 34.7. The first-order valence-electron chi connectivity index (χ1n) is 28.1. The number of anilines is 2. The molecule has 0 radical (unpaired) electrons. The maximum Gasteiger partial charge on any atom is 0.397 e. The van der Waals surface area contributed by atoms with Crippen LogP contribution in [0.15, 0.2) is 24.3 Å². The summed E-state index contributed by atoms with van der Waals surface area (Å²) in [5.41, 5.74) is 0.700.